The Labute approximate surface area is 208 Å². The Morgan fingerprint density at radius 3 is 2.50 bits per heavy atom. The maximum Gasteiger partial charge on any atom is 0.324 e. The normalized spacial score (nSPS) is 13.6. The number of nitrogens with zero attached hydrogens (tertiary/aromatic N) is 3. The van der Waals surface area contributed by atoms with Crippen molar-refractivity contribution in [2.45, 2.75) is 32.6 Å². The fourth-order valence-electron chi connectivity index (χ4n) is 3.74. The SMILES string of the molecule is CC(C)(C)c1cc(NC(=O)Nc2cccc(Cl)c2Cl)n(-c2ccc3c(c2)CCN3S(C)(=O)=O)n1. The molecule has 0 unspecified atom stereocenters. The number of nitrogens with one attached hydrogen (secondary N) is 2. The van der Waals surface area contributed by atoms with E-state index in [1.54, 1.807) is 35.0 Å². The van der Waals surface area contributed by atoms with Crippen LogP contribution in [0.25, 0.3) is 5.69 Å². The lowest BCUT2D eigenvalue weighted by atomic mass is 9.92. The molecule has 34 heavy (non-hydrogen) atoms. The quantitative estimate of drug-likeness (QED) is 0.477. The van der Waals surface area contributed by atoms with Crippen molar-refractivity contribution < 1.29 is 13.2 Å². The van der Waals surface area contributed by atoms with Gasteiger partial charge in [-0.25, -0.2) is 17.9 Å². The van der Waals surface area contributed by atoms with Gasteiger partial charge >= 0.3 is 6.03 Å². The Morgan fingerprint density at radius 2 is 1.82 bits per heavy atom. The first-order valence-corrected chi connectivity index (χ1v) is 13.2. The fraction of sp³-hybridized carbons (Fsp3) is 0.304. The Hall–Kier alpha value is -2.75. The van der Waals surface area contributed by atoms with Crippen LogP contribution in [0, 0.1) is 0 Å². The number of sulfonamides is 1. The number of fused-ring (bicyclic) bond motifs is 1. The summed E-state index contributed by atoms with van der Waals surface area (Å²) in [5.74, 6) is 0.457. The first-order chi connectivity index (χ1) is 15.8. The highest BCUT2D eigenvalue weighted by Crippen LogP contribution is 2.34. The van der Waals surface area contributed by atoms with Gasteiger partial charge in [-0.15, -0.1) is 0 Å². The number of anilines is 3. The molecule has 1 aliphatic rings. The van der Waals surface area contributed by atoms with Gasteiger partial charge in [0, 0.05) is 18.0 Å². The molecule has 2 N–H and O–H groups in total. The standard InChI is InChI=1S/C23H25Cl2N5O3S/c1-23(2,3)19-13-20(27-22(31)26-17-7-5-6-16(24)21(17)25)30(28-19)15-8-9-18-14(12-15)10-11-29(18)34(4,32)33/h5-9,12-13H,10-11H2,1-4H3,(H2,26,27,31). The lowest BCUT2D eigenvalue weighted by Crippen LogP contribution is -2.27. The molecular formula is C23H25Cl2N5O3S. The molecule has 1 aliphatic heterocycles. The van der Waals surface area contributed by atoms with Crippen molar-refractivity contribution in [2.75, 3.05) is 27.7 Å². The van der Waals surface area contributed by atoms with Crippen LogP contribution in [0.1, 0.15) is 32.0 Å². The van der Waals surface area contributed by atoms with Crippen LogP contribution in [0.4, 0.5) is 22.0 Å². The average molecular weight is 522 g/mol. The largest absolute Gasteiger partial charge is 0.324 e. The highest BCUT2D eigenvalue weighted by Gasteiger charge is 2.27. The molecule has 2 amide bonds. The number of amides is 2. The first-order valence-electron chi connectivity index (χ1n) is 10.6. The van der Waals surface area contributed by atoms with Crippen LogP contribution in [-0.2, 0) is 21.9 Å². The summed E-state index contributed by atoms with van der Waals surface area (Å²) in [7, 11) is -3.34. The van der Waals surface area contributed by atoms with Crippen LogP contribution in [0.2, 0.25) is 10.0 Å². The average Bonchev–Trinajstić information content (AvgIpc) is 3.35. The summed E-state index contributed by atoms with van der Waals surface area (Å²) in [6, 6.07) is 11.7. The number of carbonyl (C=O) groups is 1. The molecule has 0 bridgehead atoms. The van der Waals surface area contributed by atoms with Gasteiger partial charge in [0.2, 0.25) is 10.0 Å². The highest BCUT2D eigenvalue weighted by atomic mass is 35.5. The van der Waals surface area contributed by atoms with Crippen LogP contribution in [0.5, 0.6) is 0 Å². The van der Waals surface area contributed by atoms with E-state index >= 15 is 0 Å². The molecule has 180 valence electrons. The van der Waals surface area contributed by atoms with Crippen molar-refractivity contribution in [3.8, 4) is 5.69 Å². The van der Waals surface area contributed by atoms with E-state index in [4.69, 9.17) is 28.3 Å². The van der Waals surface area contributed by atoms with E-state index < -0.39 is 16.1 Å². The van der Waals surface area contributed by atoms with Crippen LogP contribution in [-0.4, -0.2) is 37.0 Å². The smallest absolute Gasteiger partial charge is 0.306 e. The molecule has 0 atom stereocenters. The van der Waals surface area contributed by atoms with Crippen molar-refractivity contribution in [2.24, 2.45) is 0 Å². The molecule has 4 rings (SSSR count). The van der Waals surface area contributed by atoms with Gasteiger partial charge in [-0.05, 0) is 42.3 Å². The monoisotopic (exact) mass is 521 g/mol. The molecule has 0 saturated heterocycles. The molecule has 0 fully saturated rings. The lowest BCUT2D eigenvalue weighted by Gasteiger charge is -2.17. The number of carbonyl (C=O) groups excluding carboxylic acids is 1. The molecule has 8 nitrogen and oxygen atoms in total. The summed E-state index contributed by atoms with van der Waals surface area (Å²) >= 11 is 12.2. The second kappa shape index (κ2) is 8.79. The van der Waals surface area contributed by atoms with E-state index in [-0.39, 0.29) is 10.4 Å². The Kier molecular flexibility index (Phi) is 6.30. The Bertz CT molecular complexity index is 1380. The first kappa shape index (κ1) is 24.4. The number of benzene rings is 2. The molecule has 2 aromatic carbocycles. The summed E-state index contributed by atoms with van der Waals surface area (Å²) in [4.78, 5) is 12.8. The van der Waals surface area contributed by atoms with Crippen molar-refractivity contribution >= 4 is 56.4 Å². The maximum absolute atomic E-state index is 12.8. The Morgan fingerprint density at radius 1 is 1.09 bits per heavy atom. The summed E-state index contributed by atoms with van der Waals surface area (Å²) in [5.41, 5.74) is 3.17. The molecule has 0 saturated carbocycles. The predicted molar refractivity (Wildman–Crippen MR) is 137 cm³/mol. The van der Waals surface area contributed by atoms with Gasteiger partial charge in [0.25, 0.3) is 0 Å². The molecule has 0 aliphatic carbocycles. The molecule has 3 aromatic rings. The van der Waals surface area contributed by atoms with E-state index in [1.165, 1.54) is 10.6 Å². The van der Waals surface area contributed by atoms with Crippen LogP contribution >= 0.6 is 23.2 Å². The molecule has 2 heterocycles. The van der Waals surface area contributed by atoms with E-state index in [0.29, 0.717) is 40.9 Å². The minimum absolute atomic E-state index is 0.247. The van der Waals surface area contributed by atoms with E-state index in [1.807, 2.05) is 32.9 Å². The second-order valence-electron chi connectivity index (χ2n) is 9.16. The molecule has 0 spiro atoms. The number of hydrogen-bond donors (Lipinski definition) is 2. The van der Waals surface area contributed by atoms with Gasteiger partial charge in [0.1, 0.15) is 5.82 Å². The summed E-state index contributed by atoms with van der Waals surface area (Å²) < 4.78 is 27.2. The van der Waals surface area contributed by atoms with Crippen molar-refractivity contribution in [3.63, 3.8) is 0 Å². The van der Waals surface area contributed by atoms with Gasteiger partial charge in [0.05, 0.1) is 39.1 Å². The van der Waals surface area contributed by atoms with Gasteiger partial charge in [0.15, 0.2) is 0 Å². The topological polar surface area (TPSA) is 96.3 Å². The van der Waals surface area contributed by atoms with Crippen LogP contribution in [0.15, 0.2) is 42.5 Å². The fourth-order valence-corrected chi connectivity index (χ4v) is 5.04. The summed E-state index contributed by atoms with van der Waals surface area (Å²) in [5, 5.41) is 10.9. The minimum atomic E-state index is -3.34. The van der Waals surface area contributed by atoms with Gasteiger partial charge in [-0.1, -0.05) is 50.0 Å². The van der Waals surface area contributed by atoms with Gasteiger partial charge in [-0.2, -0.15) is 5.10 Å². The molecule has 0 radical (unpaired) electrons. The number of hydrogen-bond acceptors (Lipinski definition) is 4. The zero-order chi connectivity index (χ0) is 24.8. The number of urea groups is 1. The third-order valence-corrected chi connectivity index (χ3v) is 7.48. The van der Waals surface area contributed by atoms with Crippen LogP contribution in [0.3, 0.4) is 0 Å². The zero-order valence-corrected chi connectivity index (χ0v) is 21.5. The Balaban J connectivity index is 1.68. The lowest BCUT2D eigenvalue weighted by molar-refractivity contribution is 0.262. The summed E-state index contributed by atoms with van der Waals surface area (Å²) in [6.45, 7) is 6.49. The molecule has 1 aromatic heterocycles. The van der Waals surface area contributed by atoms with Gasteiger partial charge in [-0.3, -0.25) is 9.62 Å². The van der Waals surface area contributed by atoms with Crippen LogP contribution < -0.4 is 14.9 Å². The van der Waals surface area contributed by atoms with Crippen molar-refractivity contribution in [1.82, 2.24) is 9.78 Å². The van der Waals surface area contributed by atoms with Crippen molar-refractivity contribution in [1.29, 1.82) is 0 Å². The third kappa shape index (κ3) is 4.87. The van der Waals surface area contributed by atoms with Crippen molar-refractivity contribution in [3.05, 3.63) is 63.8 Å². The second-order valence-corrected chi connectivity index (χ2v) is 11.8. The van der Waals surface area contributed by atoms with E-state index in [2.05, 4.69) is 10.6 Å². The maximum atomic E-state index is 12.8. The summed E-state index contributed by atoms with van der Waals surface area (Å²) in [6.07, 6.45) is 1.80. The number of halogens is 2. The van der Waals surface area contributed by atoms with E-state index in [9.17, 15) is 13.2 Å². The van der Waals surface area contributed by atoms with Gasteiger partial charge < -0.3 is 5.32 Å². The minimum Gasteiger partial charge on any atom is -0.306 e. The highest BCUT2D eigenvalue weighted by molar-refractivity contribution is 7.92. The number of aromatic nitrogens is 2. The van der Waals surface area contributed by atoms with E-state index in [0.717, 1.165) is 11.3 Å². The molecular weight excluding hydrogens is 497 g/mol. The molecule has 11 heteroatoms. The number of rotatable bonds is 4. The predicted octanol–water partition coefficient (Wildman–Crippen LogP) is 5.44. The zero-order valence-electron chi connectivity index (χ0n) is 19.2. The third-order valence-electron chi connectivity index (χ3n) is 5.48.